The first kappa shape index (κ1) is 15.6. The fourth-order valence-electron chi connectivity index (χ4n) is 3.46. The number of anilines is 1. The number of H-pyrrole nitrogens is 1. The second-order valence-electron chi connectivity index (χ2n) is 6.44. The monoisotopic (exact) mass is 335 g/mol. The maximum absolute atomic E-state index is 12.5. The lowest BCUT2D eigenvalue weighted by Crippen LogP contribution is -2.48. The smallest absolute Gasteiger partial charge is 0.225 e. The van der Waals surface area contributed by atoms with Crippen LogP contribution in [0.1, 0.15) is 18.4 Å². The largest absolute Gasteiger partial charge is 0.361 e. The Balaban J connectivity index is 1.39. The molecule has 0 radical (unpaired) electrons. The number of amides is 1. The summed E-state index contributed by atoms with van der Waals surface area (Å²) in [7, 11) is 0. The molecule has 1 saturated heterocycles. The summed E-state index contributed by atoms with van der Waals surface area (Å²) in [5.41, 5.74) is 2.10. The first-order chi connectivity index (χ1) is 12.3. The summed E-state index contributed by atoms with van der Waals surface area (Å²) < 4.78 is 0. The molecule has 6 heteroatoms. The minimum atomic E-state index is 0.0607. The molecule has 1 fully saturated rings. The number of hydrogen-bond donors (Lipinski definition) is 2. The third-order valence-corrected chi connectivity index (χ3v) is 4.65. The molecule has 1 unspecified atom stereocenters. The second-order valence-corrected chi connectivity index (χ2v) is 6.44. The molecule has 2 aromatic heterocycles. The molecule has 0 bridgehead atoms. The molecule has 1 aliphatic rings. The standard InChI is InChI=1S/C19H21N5O/c25-18(11-14-12-22-17-7-2-1-6-16(14)17)23-15-5-3-10-24(13-15)19-20-8-4-9-21-19/h1-2,4,6-9,12,15,22H,3,5,10-11,13H2,(H,23,25). The van der Waals surface area contributed by atoms with Gasteiger partial charge in [-0.05, 0) is 30.5 Å². The van der Waals surface area contributed by atoms with Gasteiger partial charge in [0.25, 0.3) is 0 Å². The van der Waals surface area contributed by atoms with Gasteiger partial charge in [0.1, 0.15) is 0 Å². The van der Waals surface area contributed by atoms with Gasteiger partial charge in [-0.15, -0.1) is 0 Å². The Morgan fingerprint density at radius 3 is 2.96 bits per heavy atom. The Morgan fingerprint density at radius 2 is 2.08 bits per heavy atom. The summed E-state index contributed by atoms with van der Waals surface area (Å²) in [6.07, 6.45) is 7.83. The first-order valence-electron chi connectivity index (χ1n) is 8.66. The number of hydrogen-bond acceptors (Lipinski definition) is 4. The number of benzene rings is 1. The maximum atomic E-state index is 12.5. The number of rotatable bonds is 4. The number of piperidine rings is 1. The van der Waals surface area contributed by atoms with Crippen molar-refractivity contribution in [2.75, 3.05) is 18.0 Å². The summed E-state index contributed by atoms with van der Waals surface area (Å²) in [5, 5.41) is 4.28. The number of para-hydroxylation sites is 1. The van der Waals surface area contributed by atoms with Crippen LogP contribution < -0.4 is 10.2 Å². The Morgan fingerprint density at radius 1 is 1.24 bits per heavy atom. The van der Waals surface area contributed by atoms with E-state index in [1.807, 2.05) is 36.5 Å². The van der Waals surface area contributed by atoms with Gasteiger partial charge >= 0.3 is 0 Å². The van der Waals surface area contributed by atoms with Crippen LogP contribution >= 0.6 is 0 Å². The first-order valence-corrected chi connectivity index (χ1v) is 8.66. The SMILES string of the molecule is O=C(Cc1c[nH]c2ccccc12)NC1CCCN(c2ncccn2)C1. The molecule has 6 nitrogen and oxygen atoms in total. The van der Waals surface area contributed by atoms with Gasteiger partial charge in [-0.3, -0.25) is 4.79 Å². The lowest BCUT2D eigenvalue weighted by Gasteiger charge is -2.33. The number of nitrogens with zero attached hydrogens (tertiary/aromatic N) is 3. The van der Waals surface area contributed by atoms with E-state index in [0.29, 0.717) is 6.42 Å². The molecule has 3 heterocycles. The predicted molar refractivity (Wildman–Crippen MR) is 97.4 cm³/mol. The highest BCUT2D eigenvalue weighted by molar-refractivity contribution is 5.88. The van der Waals surface area contributed by atoms with Crippen LogP contribution in [0.4, 0.5) is 5.95 Å². The van der Waals surface area contributed by atoms with E-state index >= 15 is 0 Å². The minimum Gasteiger partial charge on any atom is -0.361 e. The van der Waals surface area contributed by atoms with Crippen LogP contribution in [0.15, 0.2) is 48.9 Å². The lowest BCUT2D eigenvalue weighted by molar-refractivity contribution is -0.121. The van der Waals surface area contributed by atoms with Crippen molar-refractivity contribution in [1.29, 1.82) is 0 Å². The Labute approximate surface area is 146 Å². The zero-order chi connectivity index (χ0) is 17.1. The van der Waals surface area contributed by atoms with Crippen LogP contribution in [-0.2, 0) is 11.2 Å². The van der Waals surface area contributed by atoms with E-state index in [1.54, 1.807) is 12.4 Å². The lowest BCUT2D eigenvalue weighted by atomic mass is 10.0. The van der Waals surface area contributed by atoms with E-state index in [2.05, 4.69) is 25.2 Å². The van der Waals surface area contributed by atoms with Gasteiger partial charge in [0.15, 0.2) is 0 Å². The topological polar surface area (TPSA) is 73.9 Å². The van der Waals surface area contributed by atoms with Crippen LogP contribution in [0.25, 0.3) is 10.9 Å². The molecule has 0 aliphatic carbocycles. The molecule has 1 aromatic carbocycles. The summed E-state index contributed by atoms with van der Waals surface area (Å²) in [6.45, 7) is 1.68. The Hall–Kier alpha value is -2.89. The zero-order valence-electron chi connectivity index (χ0n) is 14.0. The van der Waals surface area contributed by atoms with Crippen LogP contribution in [0.5, 0.6) is 0 Å². The molecular formula is C19H21N5O. The fraction of sp³-hybridized carbons (Fsp3) is 0.316. The van der Waals surface area contributed by atoms with Gasteiger partial charge in [-0.2, -0.15) is 0 Å². The van der Waals surface area contributed by atoms with Gasteiger partial charge in [-0.25, -0.2) is 9.97 Å². The van der Waals surface area contributed by atoms with Gasteiger partial charge in [0, 0.05) is 48.6 Å². The number of aromatic amines is 1. The normalized spacial score (nSPS) is 17.6. The van der Waals surface area contributed by atoms with Gasteiger partial charge in [0.05, 0.1) is 6.42 Å². The average Bonchev–Trinajstić information content (AvgIpc) is 3.06. The van der Waals surface area contributed by atoms with E-state index in [0.717, 1.165) is 48.3 Å². The van der Waals surface area contributed by atoms with Gasteiger partial charge in [-0.1, -0.05) is 18.2 Å². The van der Waals surface area contributed by atoms with Crippen LogP contribution in [0.2, 0.25) is 0 Å². The number of fused-ring (bicyclic) bond motifs is 1. The Bertz CT molecular complexity index is 860. The summed E-state index contributed by atoms with van der Waals surface area (Å²) >= 11 is 0. The summed E-state index contributed by atoms with van der Waals surface area (Å²) in [6, 6.07) is 10.0. The van der Waals surface area contributed by atoms with Crippen molar-refractivity contribution in [3.8, 4) is 0 Å². The third kappa shape index (κ3) is 3.47. The highest BCUT2D eigenvalue weighted by atomic mass is 16.1. The van der Waals surface area contributed by atoms with E-state index in [9.17, 15) is 4.79 Å². The molecule has 25 heavy (non-hydrogen) atoms. The summed E-state index contributed by atoms with van der Waals surface area (Å²) in [4.78, 5) is 26.5. The van der Waals surface area contributed by atoms with E-state index in [1.165, 1.54) is 0 Å². The Kier molecular flexibility index (Phi) is 4.33. The molecule has 1 amide bonds. The molecule has 128 valence electrons. The van der Waals surface area contributed by atoms with Gasteiger partial charge in [0.2, 0.25) is 11.9 Å². The van der Waals surface area contributed by atoms with E-state index in [4.69, 9.17) is 0 Å². The van der Waals surface area contributed by atoms with Crippen LogP contribution in [0.3, 0.4) is 0 Å². The maximum Gasteiger partial charge on any atom is 0.225 e. The predicted octanol–water partition coefficient (Wildman–Crippen LogP) is 2.29. The van der Waals surface area contributed by atoms with Crippen molar-refractivity contribution in [2.24, 2.45) is 0 Å². The number of carbonyl (C=O) groups excluding carboxylic acids is 1. The molecule has 2 N–H and O–H groups in total. The number of aromatic nitrogens is 3. The van der Waals surface area contributed by atoms with Crippen molar-refractivity contribution >= 4 is 22.8 Å². The number of nitrogens with one attached hydrogen (secondary N) is 2. The van der Waals surface area contributed by atoms with Crippen LogP contribution in [-0.4, -0.2) is 40.0 Å². The average molecular weight is 335 g/mol. The summed E-state index contributed by atoms with van der Waals surface area (Å²) in [5.74, 6) is 0.795. The zero-order valence-corrected chi connectivity index (χ0v) is 14.0. The highest BCUT2D eigenvalue weighted by Gasteiger charge is 2.23. The molecular weight excluding hydrogens is 314 g/mol. The molecule has 1 aliphatic heterocycles. The van der Waals surface area contributed by atoms with E-state index < -0.39 is 0 Å². The second kappa shape index (κ2) is 6.93. The number of carbonyl (C=O) groups is 1. The molecule has 1 atom stereocenters. The minimum absolute atomic E-state index is 0.0607. The van der Waals surface area contributed by atoms with Crippen molar-refractivity contribution < 1.29 is 4.79 Å². The highest BCUT2D eigenvalue weighted by Crippen LogP contribution is 2.19. The van der Waals surface area contributed by atoms with E-state index in [-0.39, 0.29) is 11.9 Å². The third-order valence-electron chi connectivity index (χ3n) is 4.65. The van der Waals surface area contributed by atoms with Crippen molar-refractivity contribution in [3.05, 3.63) is 54.5 Å². The van der Waals surface area contributed by atoms with Crippen molar-refractivity contribution in [3.63, 3.8) is 0 Å². The molecule has 4 rings (SSSR count). The van der Waals surface area contributed by atoms with Crippen molar-refractivity contribution in [2.45, 2.75) is 25.3 Å². The van der Waals surface area contributed by atoms with Crippen LogP contribution in [0, 0.1) is 0 Å². The fourth-order valence-corrected chi connectivity index (χ4v) is 3.46. The van der Waals surface area contributed by atoms with Gasteiger partial charge < -0.3 is 15.2 Å². The molecule has 0 spiro atoms. The molecule has 3 aromatic rings. The quantitative estimate of drug-likeness (QED) is 0.767. The molecule has 0 saturated carbocycles. The van der Waals surface area contributed by atoms with Crippen molar-refractivity contribution in [1.82, 2.24) is 20.3 Å².